The number of aliphatic carboxylic acids is 2. The number of guanidine groups is 1. The maximum Gasteiger partial charge on any atom is 0.326 e. The van der Waals surface area contributed by atoms with Gasteiger partial charge in [-0.2, -0.15) is 0 Å². The second kappa shape index (κ2) is 30.8. The van der Waals surface area contributed by atoms with E-state index in [2.05, 4.69) is 46.9 Å². The van der Waals surface area contributed by atoms with E-state index in [1.165, 1.54) is 41.7 Å². The molecule has 1 saturated heterocycles. The summed E-state index contributed by atoms with van der Waals surface area (Å²) in [6, 6.07) is -5.44. The molecular formula is C51H77N13O14. The fourth-order valence-corrected chi connectivity index (χ4v) is 9.05. The highest BCUT2D eigenvalue weighted by Crippen LogP contribution is 2.23. The van der Waals surface area contributed by atoms with Crippen molar-refractivity contribution in [2.24, 2.45) is 34.0 Å². The second-order valence-corrected chi connectivity index (χ2v) is 20.1. The van der Waals surface area contributed by atoms with Crippen molar-refractivity contribution in [3.05, 3.63) is 48.0 Å². The first-order valence-electron chi connectivity index (χ1n) is 26.3. The maximum atomic E-state index is 14.6. The number of aromatic nitrogens is 2. The number of aromatic hydroxyl groups is 1. The summed E-state index contributed by atoms with van der Waals surface area (Å²) in [6.45, 7) is 6.78. The number of carboxylic acid groups (broad SMARTS) is 2. The summed E-state index contributed by atoms with van der Waals surface area (Å²) in [5, 5.41) is 44.9. The Morgan fingerprint density at radius 1 is 0.756 bits per heavy atom. The molecule has 1 aliphatic heterocycles. The summed E-state index contributed by atoms with van der Waals surface area (Å²) in [7, 11) is 0. The molecule has 0 spiro atoms. The molecule has 27 heteroatoms. The molecule has 0 bridgehead atoms. The Morgan fingerprint density at radius 3 is 1.99 bits per heavy atom. The van der Waals surface area contributed by atoms with Crippen LogP contribution in [0.5, 0.6) is 5.75 Å². The van der Waals surface area contributed by atoms with Crippen LogP contribution in [0.1, 0.15) is 116 Å². The van der Waals surface area contributed by atoms with Gasteiger partial charge in [-0.3, -0.25) is 48.1 Å². The highest BCUT2D eigenvalue weighted by Gasteiger charge is 2.41. The lowest BCUT2D eigenvalue weighted by molar-refractivity contribution is -0.155. The zero-order chi connectivity index (χ0) is 57.6. The van der Waals surface area contributed by atoms with Crippen molar-refractivity contribution in [1.29, 1.82) is 0 Å². The van der Waals surface area contributed by atoms with Crippen molar-refractivity contribution in [2.75, 3.05) is 13.1 Å². The normalized spacial score (nSPS) is 17.6. The number of imidazole rings is 1. The Hall–Kier alpha value is -7.84. The molecule has 1 aromatic heterocycles. The van der Waals surface area contributed by atoms with Gasteiger partial charge in [0.25, 0.3) is 0 Å². The summed E-state index contributed by atoms with van der Waals surface area (Å²) < 4.78 is 5.50. The molecule has 1 aromatic carbocycles. The first-order chi connectivity index (χ1) is 37.0. The molecule has 2 aliphatic rings. The zero-order valence-electron chi connectivity index (χ0n) is 44.5. The summed E-state index contributed by atoms with van der Waals surface area (Å²) in [6.07, 6.45) is 5.73. The van der Waals surface area contributed by atoms with E-state index in [9.17, 15) is 63.3 Å². The van der Waals surface area contributed by atoms with E-state index in [-0.39, 0.29) is 63.0 Å². The molecule has 430 valence electrons. The van der Waals surface area contributed by atoms with E-state index in [1.54, 1.807) is 27.7 Å². The number of phenolic OH excluding ortho intramolecular Hbond substituents is 1. The van der Waals surface area contributed by atoms with Gasteiger partial charge in [0.15, 0.2) is 5.96 Å². The molecular weight excluding hydrogens is 1020 g/mol. The number of H-pyrrole nitrogens is 1. The predicted octanol–water partition coefficient (Wildman–Crippen LogP) is -1.29. The van der Waals surface area contributed by atoms with Crippen LogP contribution in [-0.2, 0) is 65.5 Å². The molecule has 27 nitrogen and oxygen atoms in total. The largest absolute Gasteiger partial charge is 0.508 e. The van der Waals surface area contributed by atoms with E-state index in [1.807, 2.05) is 0 Å². The van der Waals surface area contributed by atoms with E-state index < -0.39 is 132 Å². The topological polar surface area (TPSA) is 435 Å². The third kappa shape index (κ3) is 19.9. The molecule has 1 saturated carbocycles. The molecule has 1 aliphatic carbocycles. The van der Waals surface area contributed by atoms with Gasteiger partial charge in [-0.25, -0.2) is 9.78 Å². The van der Waals surface area contributed by atoms with Crippen molar-refractivity contribution < 1.29 is 68.0 Å². The third-order valence-corrected chi connectivity index (χ3v) is 13.6. The minimum atomic E-state index is -1.65. The number of aromatic amines is 1. The monoisotopic (exact) mass is 1100 g/mol. The minimum Gasteiger partial charge on any atom is -0.508 e. The summed E-state index contributed by atoms with van der Waals surface area (Å²) >= 11 is 0. The van der Waals surface area contributed by atoms with Gasteiger partial charge in [-0.15, -0.1) is 0 Å². The summed E-state index contributed by atoms with van der Waals surface area (Å²) in [4.78, 5) is 147. The van der Waals surface area contributed by atoms with Crippen LogP contribution in [0.15, 0.2) is 41.8 Å². The molecule has 9 atom stereocenters. The SMILES string of the molecule is CC[C@H](C)[C@H](NC(=O)[C@H](Cc1ccc(O)cc1)NC(=O)[C@@H](NC(=O)[C@H](CCCN=C(N)N)NC(=O)[C@@H](N)CC(=O)O)C(C)C)C(=O)N[C@@H](Cc1cnc[nH]1)C(=O)N1CCC[C@H]1C(=O)N[C@@H](CC(=O)OC1CCCCC1)C(=O)O. The lowest BCUT2D eigenvalue weighted by atomic mass is 9.96. The standard InChI is InChI=1S/C51H77N13O14/c1-5-28(4)42(48(74)60-36(22-30-25-55-26-57-30)49(75)64-20-10-14-38(64)46(72)61-37(50(76)77)24-40(68)78-32-11-7-6-8-12-32)63-45(71)35(21-29-15-17-31(65)18-16-29)59-47(73)41(27(2)3)62-44(70)34(13-9-19-56-51(53)54)58-43(69)33(52)23-39(66)67/h15-18,25-28,32-38,41-42,65H,5-14,19-24,52H2,1-4H3,(H,55,57)(H,58,69)(H,59,73)(H,60,74)(H,61,72)(H,62,70)(H,63,71)(H,66,67)(H,76,77)(H4,53,54,56)/t28-,33-,34-,35-,36-,37-,38-,41-,42-/m0/s1. The predicted molar refractivity (Wildman–Crippen MR) is 280 cm³/mol. The van der Waals surface area contributed by atoms with E-state index in [4.69, 9.17) is 21.9 Å². The second-order valence-electron chi connectivity index (χ2n) is 20.1. The number of nitrogens with one attached hydrogen (secondary N) is 7. The van der Waals surface area contributed by atoms with Crippen molar-refractivity contribution >= 4 is 65.2 Å². The Morgan fingerprint density at radius 2 is 1.38 bits per heavy atom. The molecule has 16 N–H and O–H groups in total. The van der Waals surface area contributed by atoms with Crippen LogP contribution in [0.3, 0.4) is 0 Å². The number of carbonyl (C=O) groups excluding carboxylic acids is 8. The average molecular weight is 1100 g/mol. The van der Waals surface area contributed by atoms with Gasteiger partial charge < -0.3 is 79.0 Å². The van der Waals surface area contributed by atoms with E-state index in [0.717, 1.165) is 19.3 Å². The van der Waals surface area contributed by atoms with Crippen molar-refractivity contribution in [2.45, 2.75) is 172 Å². The first-order valence-corrected chi connectivity index (χ1v) is 26.3. The quantitative estimate of drug-likeness (QED) is 0.0187. The van der Waals surface area contributed by atoms with Crippen LogP contribution < -0.4 is 49.1 Å². The van der Waals surface area contributed by atoms with Gasteiger partial charge in [0.1, 0.15) is 54.1 Å². The third-order valence-electron chi connectivity index (χ3n) is 13.6. The fraction of sp³-hybridized carbons (Fsp3) is 0.608. The van der Waals surface area contributed by atoms with Crippen LogP contribution in [0.2, 0.25) is 0 Å². The van der Waals surface area contributed by atoms with Crippen molar-refractivity contribution in [3.8, 4) is 5.75 Å². The number of carbonyl (C=O) groups is 10. The molecule has 0 radical (unpaired) electrons. The lowest BCUT2D eigenvalue weighted by Crippen LogP contribution is -2.62. The number of nitrogens with zero attached hydrogens (tertiary/aromatic N) is 3. The number of ether oxygens (including phenoxy) is 1. The van der Waals surface area contributed by atoms with E-state index >= 15 is 0 Å². The van der Waals surface area contributed by atoms with Gasteiger partial charge in [0.2, 0.25) is 41.4 Å². The highest BCUT2D eigenvalue weighted by molar-refractivity contribution is 5.98. The van der Waals surface area contributed by atoms with Crippen LogP contribution in [0.25, 0.3) is 0 Å². The first kappa shape index (κ1) is 62.7. The lowest BCUT2D eigenvalue weighted by Gasteiger charge is -2.32. The Kier molecular flexibility index (Phi) is 24.7. The van der Waals surface area contributed by atoms with Gasteiger partial charge in [-0.05, 0) is 80.9 Å². The molecule has 2 fully saturated rings. The fourth-order valence-electron chi connectivity index (χ4n) is 9.05. The van der Waals surface area contributed by atoms with Gasteiger partial charge >= 0.3 is 17.9 Å². The van der Waals surface area contributed by atoms with Crippen LogP contribution in [-0.4, -0.2) is 163 Å². The maximum absolute atomic E-state index is 14.6. The van der Waals surface area contributed by atoms with Crippen molar-refractivity contribution in [3.63, 3.8) is 0 Å². The molecule has 0 unspecified atom stereocenters. The van der Waals surface area contributed by atoms with Gasteiger partial charge in [0.05, 0.1) is 25.2 Å². The van der Waals surface area contributed by atoms with Crippen LogP contribution in [0, 0.1) is 11.8 Å². The molecule has 2 heterocycles. The number of hydrogen-bond acceptors (Lipinski definition) is 15. The summed E-state index contributed by atoms with van der Waals surface area (Å²) in [5.41, 5.74) is 17.5. The van der Waals surface area contributed by atoms with Crippen LogP contribution in [0.4, 0.5) is 0 Å². The molecule has 7 amide bonds. The number of amides is 7. The number of rotatable bonds is 30. The minimum absolute atomic E-state index is 0.0538. The van der Waals surface area contributed by atoms with E-state index in [0.29, 0.717) is 36.9 Å². The smallest absolute Gasteiger partial charge is 0.326 e. The average Bonchev–Trinajstić information content (AvgIpc) is 4.12. The Balaban J connectivity index is 1.57. The number of likely N-dealkylation sites (tertiary alicyclic amines) is 1. The molecule has 78 heavy (non-hydrogen) atoms. The highest BCUT2D eigenvalue weighted by atomic mass is 16.5. The number of benzene rings is 1. The number of aliphatic imine (C=N–C) groups is 1. The van der Waals surface area contributed by atoms with Gasteiger partial charge in [0, 0.05) is 37.8 Å². The number of nitrogens with two attached hydrogens (primary N) is 3. The number of esters is 1. The Labute approximate surface area is 451 Å². The number of phenols is 1. The molecule has 4 rings (SSSR count). The molecule has 2 aromatic rings. The Bertz CT molecular complexity index is 2410. The van der Waals surface area contributed by atoms with Gasteiger partial charge in [-0.1, -0.05) is 52.7 Å². The van der Waals surface area contributed by atoms with Crippen molar-refractivity contribution in [1.82, 2.24) is 46.8 Å². The number of carboxylic acids is 2. The summed E-state index contributed by atoms with van der Waals surface area (Å²) in [5.74, 6) is -11.0. The zero-order valence-corrected chi connectivity index (χ0v) is 44.5. The number of hydrogen-bond donors (Lipinski definition) is 13. The van der Waals surface area contributed by atoms with Crippen LogP contribution >= 0.6 is 0 Å².